The molecule has 0 atom stereocenters. The number of likely N-dealkylation sites (tertiary alicyclic amines) is 1. The first-order valence-electron chi connectivity index (χ1n) is 11.1. The maximum atomic E-state index is 4.22. The van der Waals surface area contributed by atoms with Crippen molar-refractivity contribution in [3.8, 4) is 0 Å². The Balaban J connectivity index is 1.30. The number of aromatic nitrogens is 1. The Morgan fingerprint density at radius 2 is 1.45 bits per heavy atom. The van der Waals surface area contributed by atoms with E-state index in [2.05, 4.69) is 76.6 Å². The SMILES string of the molecule is c1ccc(C(c2ccccc2)C2CCN(CCCCc3cccnc3)CC2)cc1. The number of hydrogen-bond donors (Lipinski definition) is 0. The molecule has 2 nitrogen and oxygen atoms in total. The molecule has 0 spiro atoms. The van der Waals surface area contributed by atoms with Gasteiger partial charge in [-0.05, 0) is 80.4 Å². The van der Waals surface area contributed by atoms with E-state index >= 15 is 0 Å². The first-order chi connectivity index (χ1) is 14.4. The maximum Gasteiger partial charge on any atom is 0.0299 e. The average Bonchev–Trinajstić information content (AvgIpc) is 2.80. The number of unbranched alkanes of at least 4 members (excludes halogenated alkanes) is 1. The smallest absolute Gasteiger partial charge is 0.0299 e. The molecule has 1 aliphatic heterocycles. The van der Waals surface area contributed by atoms with E-state index in [1.807, 2.05) is 18.5 Å². The molecule has 1 fully saturated rings. The standard InChI is InChI=1S/C27H32N2/c1-3-12-24(13-4-1)27(25-14-5-2-6-15-25)26-16-20-29(21-17-26)19-8-7-10-23-11-9-18-28-22-23/h1-6,9,11-15,18,22,26-27H,7-8,10,16-17,19-21H2. The topological polar surface area (TPSA) is 16.1 Å². The van der Waals surface area contributed by atoms with Gasteiger partial charge in [0.15, 0.2) is 0 Å². The quantitative estimate of drug-likeness (QED) is 0.446. The molecule has 0 N–H and O–H groups in total. The first kappa shape index (κ1) is 19.8. The normalized spacial score (nSPS) is 15.6. The fourth-order valence-corrected chi connectivity index (χ4v) is 4.78. The van der Waals surface area contributed by atoms with E-state index in [1.165, 1.54) is 62.0 Å². The molecule has 2 heteroatoms. The zero-order valence-electron chi connectivity index (χ0n) is 17.3. The lowest BCUT2D eigenvalue weighted by molar-refractivity contribution is 0.172. The molecule has 2 aromatic carbocycles. The van der Waals surface area contributed by atoms with E-state index in [0.717, 1.165) is 12.3 Å². The Bertz CT molecular complexity index is 785. The molecular formula is C27H32N2. The van der Waals surface area contributed by atoms with Crippen LogP contribution in [0, 0.1) is 5.92 Å². The Kier molecular flexibility index (Phi) is 7.09. The molecule has 29 heavy (non-hydrogen) atoms. The highest BCUT2D eigenvalue weighted by Gasteiger charge is 2.28. The van der Waals surface area contributed by atoms with Crippen molar-refractivity contribution in [1.29, 1.82) is 0 Å². The van der Waals surface area contributed by atoms with Crippen LogP contribution in [0.4, 0.5) is 0 Å². The highest BCUT2D eigenvalue weighted by Crippen LogP contribution is 2.37. The van der Waals surface area contributed by atoms with Crippen LogP contribution in [0.3, 0.4) is 0 Å². The van der Waals surface area contributed by atoms with E-state index in [0.29, 0.717) is 5.92 Å². The van der Waals surface area contributed by atoms with Gasteiger partial charge in [-0.15, -0.1) is 0 Å². The van der Waals surface area contributed by atoms with Gasteiger partial charge in [0.2, 0.25) is 0 Å². The van der Waals surface area contributed by atoms with Crippen LogP contribution in [0.2, 0.25) is 0 Å². The highest BCUT2D eigenvalue weighted by atomic mass is 15.1. The van der Waals surface area contributed by atoms with Gasteiger partial charge in [-0.25, -0.2) is 0 Å². The van der Waals surface area contributed by atoms with Crippen molar-refractivity contribution in [2.75, 3.05) is 19.6 Å². The monoisotopic (exact) mass is 384 g/mol. The molecule has 0 radical (unpaired) electrons. The number of aryl methyl sites for hydroxylation is 1. The molecule has 1 saturated heterocycles. The number of rotatable bonds is 8. The first-order valence-corrected chi connectivity index (χ1v) is 11.1. The van der Waals surface area contributed by atoms with Crippen LogP contribution < -0.4 is 0 Å². The molecule has 0 bridgehead atoms. The van der Waals surface area contributed by atoms with E-state index in [9.17, 15) is 0 Å². The van der Waals surface area contributed by atoms with Gasteiger partial charge in [0.25, 0.3) is 0 Å². The fourth-order valence-electron chi connectivity index (χ4n) is 4.78. The summed E-state index contributed by atoms with van der Waals surface area (Å²) in [6.45, 7) is 3.69. The summed E-state index contributed by atoms with van der Waals surface area (Å²) in [6.07, 6.45) is 10.1. The summed E-state index contributed by atoms with van der Waals surface area (Å²) in [5, 5.41) is 0. The van der Waals surface area contributed by atoms with Crippen molar-refractivity contribution >= 4 is 0 Å². The Morgan fingerprint density at radius 3 is 2.03 bits per heavy atom. The third-order valence-corrected chi connectivity index (χ3v) is 6.33. The van der Waals surface area contributed by atoms with Crippen LogP contribution in [0.5, 0.6) is 0 Å². The summed E-state index contributed by atoms with van der Waals surface area (Å²) in [6, 6.07) is 26.4. The molecule has 1 aliphatic rings. The summed E-state index contributed by atoms with van der Waals surface area (Å²) < 4.78 is 0. The van der Waals surface area contributed by atoms with Gasteiger partial charge in [-0.2, -0.15) is 0 Å². The van der Waals surface area contributed by atoms with E-state index < -0.39 is 0 Å². The molecule has 0 unspecified atom stereocenters. The van der Waals surface area contributed by atoms with E-state index in [4.69, 9.17) is 0 Å². The van der Waals surface area contributed by atoms with Gasteiger partial charge in [0.05, 0.1) is 0 Å². The summed E-state index contributed by atoms with van der Waals surface area (Å²) in [4.78, 5) is 6.89. The molecule has 4 rings (SSSR count). The predicted octanol–water partition coefficient (Wildman–Crippen LogP) is 5.95. The second-order valence-electron chi connectivity index (χ2n) is 8.30. The van der Waals surface area contributed by atoms with Crippen LogP contribution in [-0.4, -0.2) is 29.5 Å². The Hall–Kier alpha value is -2.45. The predicted molar refractivity (Wildman–Crippen MR) is 121 cm³/mol. The van der Waals surface area contributed by atoms with Gasteiger partial charge in [0, 0.05) is 18.3 Å². The molecular weight excluding hydrogens is 352 g/mol. The van der Waals surface area contributed by atoms with Crippen molar-refractivity contribution in [3.63, 3.8) is 0 Å². The second kappa shape index (κ2) is 10.4. The zero-order chi connectivity index (χ0) is 19.7. The highest BCUT2D eigenvalue weighted by molar-refractivity contribution is 5.33. The lowest BCUT2D eigenvalue weighted by Crippen LogP contribution is -2.36. The molecule has 1 aromatic heterocycles. The van der Waals surface area contributed by atoms with Gasteiger partial charge in [-0.1, -0.05) is 66.7 Å². The largest absolute Gasteiger partial charge is 0.303 e. The molecule has 150 valence electrons. The van der Waals surface area contributed by atoms with Gasteiger partial charge < -0.3 is 4.90 Å². The van der Waals surface area contributed by atoms with Gasteiger partial charge in [-0.3, -0.25) is 4.98 Å². The molecule has 2 heterocycles. The van der Waals surface area contributed by atoms with Crippen LogP contribution in [0.25, 0.3) is 0 Å². The number of nitrogens with zero attached hydrogens (tertiary/aromatic N) is 2. The van der Waals surface area contributed by atoms with Crippen molar-refractivity contribution in [3.05, 3.63) is 102 Å². The number of piperidine rings is 1. The second-order valence-corrected chi connectivity index (χ2v) is 8.30. The summed E-state index contributed by atoms with van der Waals surface area (Å²) in [5.41, 5.74) is 4.29. The lowest BCUT2D eigenvalue weighted by Gasteiger charge is -2.36. The number of hydrogen-bond acceptors (Lipinski definition) is 2. The Labute approximate surface area is 175 Å². The number of pyridine rings is 1. The van der Waals surface area contributed by atoms with Crippen LogP contribution in [0.1, 0.15) is 48.3 Å². The zero-order valence-corrected chi connectivity index (χ0v) is 17.3. The summed E-state index contributed by atoms with van der Waals surface area (Å²) in [7, 11) is 0. The lowest BCUT2D eigenvalue weighted by atomic mass is 9.76. The average molecular weight is 385 g/mol. The third-order valence-electron chi connectivity index (χ3n) is 6.33. The third kappa shape index (κ3) is 5.55. The van der Waals surface area contributed by atoms with E-state index in [-0.39, 0.29) is 0 Å². The van der Waals surface area contributed by atoms with Crippen LogP contribution in [0.15, 0.2) is 85.2 Å². The fraction of sp³-hybridized carbons (Fsp3) is 0.370. The van der Waals surface area contributed by atoms with Crippen molar-refractivity contribution in [2.45, 2.75) is 38.0 Å². The van der Waals surface area contributed by atoms with Crippen molar-refractivity contribution in [1.82, 2.24) is 9.88 Å². The molecule has 0 aliphatic carbocycles. The minimum atomic E-state index is 0.519. The molecule has 0 saturated carbocycles. The van der Waals surface area contributed by atoms with Crippen molar-refractivity contribution < 1.29 is 0 Å². The van der Waals surface area contributed by atoms with Gasteiger partial charge >= 0.3 is 0 Å². The van der Waals surface area contributed by atoms with Crippen LogP contribution >= 0.6 is 0 Å². The van der Waals surface area contributed by atoms with Crippen molar-refractivity contribution in [2.24, 2.45) is 5.92 Å². The minimum absolute atomic E-state index is 0.519. The summed E-state index contributed by atoms with van der Waals surface area (Å²) >= 11 is 0. The van der Waals surface area contributed by atoms with E-state index in [1.54, 1.807) is 0 Å². The summed E-state index contributed by atoms with van der Waals surface area (Å²) in [5.74, 6) is 1.25. The minimum Gasteiger partial charge on any atom is -0.303 e. The molecule has 0 amide bonds. The number of benzene rings is 2. The maximum absolute atomic E-state index is 4.22. The molecule has 3 aromatic rings. The van der Waals surface area contributed by atoms with Crippen LogP contribution in [-0.2, 0) is 6.42 Å². The van der Waals surface area contributed by atoms with Gasteiger partial charge in [0.1, 0.15) is 0 Å². The Morgan fingerprint density at radius 1 is 0.793 bits per heavy atom.